The van der Waals surface area contributed by atoms with Crippen LogP contribution in [0.15, 0.2) is 59.0 Å². The molecule has 0 saturated heterocycles. The van der Waals surface area contributed by atoms with Crippen molar-refractivity contribution < 1.29 is 18.0 Å². The standard InChI is InChI=1S/C24H26F3N7O/c1-4-6-15(23(29)35)20(28)22(19-13(2)8-9-17-16(19)11-32-34-17)33-14(3)21-18(7-5-10-30-21)31-12-24(25,26)27/h5-11,31H,4,12,28H2,1-3H3,(H2,29,35)(H,32,34)/b15-6-,22-20+,33-14?. The number of pyridine rings is 1. The van der Waals surface area contributed by atoms with E-state index >= 15 is 0 Å². The SMILES string of the molecule is CC/C=C(C(N)=O)/C(N)=C(\N=C(C)c1ncccc1NCC(F)(F)F)c1c(C)ccc2[nH]ncc12. The van der Waals surface area contributed by atoms with E-state index in [0.717, 1.165) is 5.56 Å². The first kappa shape index (κ1) is 25.5. The Kier molecular flexibility index (Phi) is 7.58. The average molecular weight is 486 g/mol. The number of rotatable bonds is 8. The minimum atomic E-state index is -4.41. The maximum Gasteiger partial charge on any atom is 0.405 e. The number of hydrogen-bond acceptors (Lipinski definition) is 6. The summed E-state index contributed by atoms with van der Waals surface area (Å²) < 4.78 is 38.4. The van der Waals surface area contributed by atoms with Gasteiger partial charge in [0, 0.05) is 17.1 Å². The van der Waals surface area contributed by atoms with Crippen molar-refractivity contribution in [2.45, 2.75) is 33.4 Å². The molecule has 0 radical (unpaired) electrons. The number of hydrogen-bond donors (Lipinski definition) is 4. The molecule has 8 nitrogen and oxygen atoms in total. The number of carbonyl (C=O) groups is 1. The predicted molar refractivity (Wildman–Crippen MR) is 130 cm³/mol. The molecule has 3 aromatic rings. The van der Waals surface area contributed by atoms with Crippen molar-refractivity contribution in [3.05, 3.63) is 70.8 Å². The lowest BCUT2D eigenvalue weighted by Crippen LogP contribution is -2.22. The molecule has 0 aliphatic carbocycles. The first-order valence-corrected chi connectivity index (χ1v) is 10.8. The Bertz CT molecular complexity index is 1340. The van der Waals surface area contributed by atoms with E-state index in [1.165, 1.54) is 18.3 Å². The fourth-order valence-corrected chi connectivity index (χ4v) is 3.62. The van der Waals surface area contributed by atoms with Crippen LogP contribution in [0, 0.1) is 6.92 Å². The third-order valence-electron chi connectivity index (χ3n) is 5.20. The van der Waals surface area contributed by atoms with Gasteiger partial charge in [-0.1, -0.05) is 19.1 Å². The van der Waals surface area contributed by atoms with Crippen LogP contribution < -0.4 is 16.8 Å². The molecule has 0 spiro atoms. The Hall–Kier alpha value is -4.15. The summed E-state index contributed by atoms with van der Waals surface area (Å²) in [5.41, 5.74) is 15.2. The van der Waals surface area contributed by atoms with Gasteiger partial charge in [-0.3, -0.25) is 14.9 Å². The molecule has 11 heteroatoms. The minimum absolute atomic E-state index is 0.0382. The zero-order valence-corrected chi connectivity index (χ0v) is 19.5. The first-order chi connectivity index (χ1) is 16.5. The number of nitrogens with two attached hydrogens (primary N) is 2. The van der Waals surface area contributed by atoms with E-state index in [1.54, 1.807) is 19.2 Å². The van der Waals surface area contributed by atoms with Gasteiger partial charge in [-0.15, -0.1) is 0 Å². The number of carbonyl (C=O) groups excluding carboxylic acids is 1. The number of aromatic amines is 1. The number of nitrogens with zero attached hydrogens (tertiary/aromatic N) is 3. The summed E-state index contributed by atoms with van der Waals surface area (Å²) in [5, 5.41) is 10.0. The summed E-state index contributed by atoms with van der Waals surface area (Å²) in [5.74, 6) is -0.725. The van der Waals surface area contributed by atoms with Crippen molar-refractivity contribution in [1.29, 1.82) is 0 Å². The molecule has 0 aliphatic heterocycles. The number of aliphatic imine (C=N–C) groups is 1. The highest BCUT2D eigenvalue weighted by atomic mass is 19.4. The number of benzene rings is 1. The summed E-state index contributed by atoms with van der Waals surface area (Å²) in [4.78, 5) is 21.1. The number of amides is 1. The number of allylic oxidation sites excluding steroid dienone is 1. The van der Waals surface area contributed by atoms with Crippen molar-refractivity contribution >= 4 is 33.9 Å². The smallest absolute Gasteiger partial charge is 0.396 e. The van der Waals surface area contributed by atoms with E-state index in [1.807, 2.05) is 26.0 Å². The molecular formula is C24H26F3N7O. The number of fused-ring (bicyclic) bond motifs is 1. The predicted octanol–water partition coefficient (Wildman–Crippen LogP) is 4.20. The van der Waals surface area contributed by atoms with Gasteiger partial charge in [-0.25, -0.2) is 4.99 Å². The van der Waals surface area contributed by atoms with Gasteiger partial charge in [0.2, 0.25) is 0 Å². The normalized spacial score (nSPS) is 13.7. The van der Waals surface area contributed by atoms with E-state index in [9.17, 15) is 18.0 Å². The zero-order valence-electron chi connectivity index (χ0n) is 19.5. The van der Waals surface area contributed by atoms with Gasteiger partial charge in [0.05, 0.1) is 40.1 Å². The Morgan fingerprint density at radius 1 is 1.26 bits per heavy atom. The Morgan fingerprint density at radius 3 is 2.66 bits per heavy atom. The van der Waals surface area contributed by atoms with E-state index in [4.69, 9.17) is 16.5 Å². The lowest BCUT2D eigenvalue weighted by molar-refractivity contribution is -0.115. The molecular weight excluding hydrogens is 459 g/mol. The maximum absolute atomic E-state index is 12.8. The molecule has 2 aromatic heterocycles. The number of anilines is 1. The second kappa shape index (κ2) is 10.4. The lowest BCUT2D eigenvalue weighted by atomic mass is 9.97. The van der Waals surface area contributed by atoms with Gasteiger partial charge in [0.1, 0.15) is 12.2 Å². The number of primary amides is 1. The number of alkyl halides is 3. The summed E-state index contributed by atoms with van der Waals surface area (Å²) in [7, 11) is 0. The van der Waals surface area contributed by atoms with Crippen LogP contribution in [0.2, 0.25) is 0 Å². The quantitative estimate of drug-likeness (QED) is 0.215. The van der Waals surface area contributed by atoms with Crippen LogP contribution in [0.3, 0.4) is 0 Å². The maximum atomic E-state index is 12.8. The van der Waals surface area contributed by atoms with Crippen LogP contribution in [0.25, 0.3) is 16.6 Å². The first-order valence-electron chi connectivity index (χ1n) is 10.8. The Balaban J connectivity index is 2.27. The van der Waals surface area contributed by atoms with Gasteiger partial charge in [-0.05, 0) is 44.0 Å². The van der Waals surface area contributed by atoms with Crippen LogP contribution in [-0.4, -0.2) is 39.5 Å². The third-order valence-corrected chi connectivity index (χ3v) is 5.20. The van der Waals surface area contributed by atoms with E-state index < -0.39 is 18.6 Å². The minimum Gasteiger partial charge on any atom is -0.396 e. The second-order valence-corrected chi connectivity index (χ2v) is 7.81. The van der Waals surface area contributed by atoms with Crippen molar-refractivity contribution in [2.24, 2.45) is 16.5 Å². The number of halogens is 3. The fraction of sp³-hybridized carbons (Fsp3) is 0.250. The second-order valence-electron chi connectivity index (χ2n) is 7.81. The van der Waals surface area contributed by atoms with Crippen LogP contribution >= 0.6 is 0 Å². The molecule has 2 heterocycles. The molecule has 0 unspecified atom stereocenters. The summed E-state index contributed by atoms with van der Waals surface area (Å²) in [6.45, 7) is 4.05. The highest BCUT2D eigenvalue weighted by molar-refractivity contribution is 6.08. The van der Waals surface area contributed by atoms with Crippen molar-refractivity contribution in [1.82, 2.24) is 15.2 Å². The Morgan fingerprint density at radius 2 is 2.00 bits per heavy atom. The summed E-state index contributed by atoms with van der Waals surface area (Å²) in [6, 6.07) is 6.69. The molecule has 184 valence electrons. The van der Waals surface area contributed by atoms with Gasteiger partial charge < -0.3 is 16.8 Å². The average Bonchev–Trinajstić information content (AvgIpc) is 3.28. The highest BCUT2D eigenvalue weighted by Crippen LogP contribution is 2.32. The third kappa shape index (κ3) is 5.86. The molecule has 0 fully saturated rings. The molecule has 3 rings (SSSR count). The largest absolute Gasteiger partial charge is 0.405 e. The van der Waals surface area contributed by atoms with Crippen LogP contribution in [0.5, 0.6) is 0 Å². The summed E-state index contributed by atoms with van der Waals surface area (Å²) >= 11 is 0. The molecule has 0 aliphatic rings. The molecule has 0 atom stereocenters. The molecule has 6 N–H and O–H groups in total. The van der Waals surface area contributed by atoms with Crippen molar-refractivity contribution in [3.8, 4) is 0 Å². The van der Waals surface area contributed by atoms with Crippen LogP contribution in [-0.2, 0) is 4.79 Å². The number of aryl methyl sites for hydroxylation is 1. The summed E-state index contributed by atoms with van der Waals surface area (Å²) in [6.07, 6.45) is 0.747. The monoisotopic (exact) mass is 485 g/mol. The van der Waals surface area contributed by atoms with Crippen LogP contribution in [0.1, 0.15) is 37.1 Å². The van der Waals surface area contributed by atoms with Gasteiger partial charge in [0.25, 0.3) is 5.91 Å². The topological polar surface area (TPSA) is 135 Å². The molecule has 35 heavy (non-hydrogen) atoms. The van der Waals surface area contributed by atoms with Gasteiger partial charge >= 0.3 is 6.18 Å². The van der Waals surface area contributed by atoms with Crippen LogP contribution in [0.4, 0.5) is 18.9 Å². The van der Waals surface area contributed by atoms with Crippen molar-refractivity contribution in [2.75, 3.05) is 11.9 Å². The fourth-order valence-electron chi connectivity index (χ4n) is 3.62. The van der Waals surface area contributed by atoms with E-state index in [0.29, 0.717) is 22.9 Å². The van der Waals surface area contributed by atoms with Gasteiger partial charge in [-0.2, -0.15) is 18.3 Å². The lowest BCUT2D eigenvalue weighted by Gasteiger charge is -2.16. The van der Waals surface area contributed by atoms with E-state index in [2.05, 4.69) is 20.5 Å². The molecule has 0 saturated carbocycles. The zero-order chi connectivity index (χ0) is 25.8. The number of aromatic nitrogens is 3. The highest BCUT2D eigenvalue weighted by Gasteiger charge is 2.27. The Labute approximate surface area is 200 Å². The van der Waals surface area contributed by atoms with E-state index in [-0.39, 0.29) is 34.1 Å². The molecule has 1 amide bonds. The molecule has 1 aromatic carbocycles. The molecule has 0 bridgehead atoms. The van der Waals surface area contributed by atoms with Gasteiger partial charge in [0.15, 0.2) is 0 Å². The number of nitrogens with one attached hydrogen (secondary N) is 2. The number of H-pyrrole nitrogens is 1. The van der Waals surface area contributed by atoms with Crippen molar-refractivity contribution in [3.63, 3.8) is 0 Å².